The fraction of sp³-hybridized carbons (Fsp3) is 0.548. The summed E-state index contributed by atoms with van der Waals surface area (Å²) in [4.78, 5) is 37.5. The first-order chi connectivity index (χ1) is 22.8. The first-order valence-corrected chi connectivity index (χ1v) is 17.7. The maximum Gasteiger partial charge on any atom is 0.407 e. The first-order valence-electron chi connectivity index (χ1n) is 15.8. The highest BCUT2D eigenvalue weighted by Gasteiger charge is 2.45. The predicted molar refractivity (Wildman–Crippen MR) is 172 cm³/mol. The molecule has 1 amide bonds. The Morgan fingerprint density at radius 2 is 1.90 bits per heavy atom. The van der Waals surface area contributed by atoms with E-state index in [-0.39, 0.29) is 91.9 Å². The van der Waals surface area contributed by atoms with Gasteiger partial charge in [0.15, 0.2) is 0 Å². The lowest BCUT2D eigenvalue weighted by Gasteiger charge is -2.35. The van der Waals surface area contributed by atoms with Crippen LogP contribution in [0.5, 0.6) is 0 Å². The Hall–Kier alpha value is -4.37. The maximum absolute atomic E-state index is 15.9. The topological polar surface area (TPSA) is 183 Å². The number of aromatic nitrogens is 3. The van der Waals surface area contributed by atoms with Gasteiger partial charge in [-0.2, -0.15) is 0 Å². The number of carboxylic acid groups (broad SMARTS) is 1. The molecule has 2 saturated heterocycles. The molecule has 0 spiro atoms. The number of sulfone groups is 1. The number of anilines is 1. The summed E-state index contributed by atoms with van der Waals surface area (Å²) in [6.45, 7) is 1.95. The van der Waals surface area contributed by atoms with Gasteiger partial charge in [0.1, 0.15) is 33.4 Å². The van der Waals surface area contributed by atoms with Gasteiger partial charge in [-0.25, -0.2) is 36.4 Å². The number of benzene rings is 1. The number of likely N-dealkylation sites (tertiary alicyclic amines) is 1. The van der Waals surface area contributed by atoms with Crippen LogP contribution in [0.15, 0.2) is 40.5 Å². The van der Waals surface area contributed by atoms with E-state index in [4.69, 9.17) is 5.53 Å². The molecule has 17 heteroatoms. The molecule has 0 aliphatic carbocycles. The number of rotatable bonds is 11. The minimum absolute atomic E-state index is 0.0361. The van der Waals surface area contributed by atoms with E-state index in [1.54, 1.807) is 13.0 Å². The summed E-state index contributed by atoms with van der Waals surface area (Å²) in [5.41, 5.74) is 8.16. The minimum atomic E-state index is -3.54. The zero-order valence-electron chi connectivity index (χ0n) is 26.4. The fourth-order valence-electron chi connectivity index (χ4n) is 6.59. The van der Waals surface area contributed by atoms with Crippen LogP contribution in [0.3, 0.4) is 0 Å². The highest BCUT2D eigenvalue weighted by molar-refractivity contribution is 7.91. The van der Waals surface area contributed by atoms with Crippen molar-refractivity contribution in [2.24, 2.45) is 11.0 Å². The van der Waals surface area contributed by atoms with Gasteiger partial charge in [0.25, 0.3) is 11.5 Å². The van der Waals surface area contributed by atoms with Gasteiger partial charge in [-0.1, -0.05) is 23.3 Å². The van der Waals surface area contributed by atoms with Gasteiger partial charge < -0.3 is 15.3 Å². The molecule has 3 aromatic rings. The number of amides is 1. The smallest absolute Gasteiger partial charge is 0.407 e. The normalized spacial score (nSPS) is 18.0. The standard InChI is InChI=1S/C31H37F3N8O5S/c1-19(22-5-4-6-25(26(22)32)31(33,34)21-7-13-41(14-8-21)30(44)45)39-27-24-17-23(20-9-15-48(46,47)16-10-20)29(43)42(28(24)37-18-36-27)12-3-2-11-38-40-35/h4-6,17-21H,2-3,7-16H2,1H3,(H,44,45)(H,36,37,39)/t19-/m1/s1. The fourth-order valence-corrected chi connectivity index (χ4v) is 8.09. The quantitative estimate of drug-likeness (QED) is 0.107. The van der Waals surface area contributed by atoms with Crippen LogP contribution in [0, 0.1) is 11.7 Å². The summed E-state index contributed by atoms with van der Waals surface area (Å²) in [6.07, 6.45) is 1.39. The zero-order chi connectivity index (χ0) is 34.6. The highest BCUT2D eigenvalue weighted by Crippen LogP contribution is 2.44. The summed E-state index contributed by atoms with van der Waals surface area (Å²) in [6, 6.07) is 4.58. The van der Waals surface area contributed by atoms with E-state index < -0.39 is 45.2 Å². The van der Waals surface area contributed by atoms with Crippen LogP contribution in [0.1, 0.15) is 74.1 Å². The summed E-state index contributed by atoms with van der Waals surface area (Å²) < 4.78 is 73.0. The van der Waals surface area contributed by atoms with Crippen LogP contribution in [-0.2, 0) is 22.3 Å². The molecule has 1 atom stereocenters. The van der Waals surface area contributed by atoms with Crippen molar-refractivity contribution >= 4 is 32.8 Å². The first kappa shape index (κ1) is 35.0. The molecule has 0 saturated carbocycles. The lowest BCUT2D eigenvalue weighted by molar-refractivity contribution is -0.0861. The van der Waals surface area contributed by atoms with Crippen molar-refractivity contribution in [2.75, 3.05) is 36.5 Å². The van der Waals surface area contributed by atoms with E-state index >= 15 is 13.2 Å². The Bertz CT molecular complexity index is 1880. The Morgan fingerprint density at radius 1 is 1.19 bits per heavy atom. The summed E-state index contributed by atoms with van der Waals surface area (Å²) in [5, 5.41) is 16.3. The number of hydrogen-bond acceptors (Lipinski definition) is 8. The molecule has 5 rings (SSSR count). The van der Waals surface area contributed by atoms with Crippen molar-refractivity contribution in [3.05, 3.63) is 73.9 Å². The monoisotopic (exact) mass is 690 g/mol. The van der Waals surface area contributed by atoms with E-state index in [1.165, 1.54) is 23.0 Å². The lowest BCUT2D eigenvalue weighted by Crippen LogP contribution is -2.42. The van der Waals surface area contributed by atoms with Crippen LogP contribution in [-0.4, -0.2) is 70.2 Å². The van der Waals surface area contributed by atoms with E-state index in [0.29, 0.717) is 23.8 Å². The number of piperidine rings is 1. The number of hydrogen-bond donors (Lipinski definition) is 2. The lowest BCUT2D eigenvalue weighted by atomic mass is 9.85. The molecule has 0 bridgehead atoms. The third-order valence-electron chi connectivity index (χ3n) is 9.34. The average molecular weight is 691 g/mol. The molecule has 2 fully saturated rings. The van der Waals surface area contributed by atoms with Crippen molar-refractivity contribution < 1.29 is 31.5 Å². The van der Waals surface area contributed by atoms with Crippen molar-refractivity contribution in [2.45, 2.75) is 69.9 Å². The van der Waals surface area contributed by atoms with Gasteiger partial charge in [-0.15, -0.1) is 0 Å². The third-order valence-corrected chi connectivity index (χ3v) is 11.1. The molecule has 1 aromatic carbocycles. The van der Waals surface area contributed by atoms with Gasteiger partial charge in [0, 0.05) is 48.1 Å². The van der Waals surface area contributed by atoms with Crippen LogP contribution >= 0.6 is 0 Å². The number of aryl methyl sites for hydroxylation is 1. The highest BCUT2D eigenvalue weighted by atomic mass is 32.2. The molecule has 13 nitrogen and oxygen atoms in total. The number of pyridine rings is 1. The number of nitrogens with zero attached hydrogens (tertiary/aromatic N) is 7. The van der Waals surface area contributed by atoms with Gasteiger partial charge in [0.2, 0.25) is 0 Å². The molecule has 2 aliphatic rings. The molecule has 48 heavy (non-hydrogen) atoms. The maximum atomic E-state index is 15.9. The second-order valence-electron chi connectivity index (χ2n) is 12.3. The third kappa shape index (κ3) is 7.36. The van der Waals surface area contributed by atoms with Crippen molar-refractivity contribution in [1.29, 1.82) is 0 Å². The Balaban J connectivity index is 1.47. The molecule has 0 radical (unpaired) electrons. The van der Waals surface area contributed by atoms with Crippen molar-refractivity contribution in [3.8, 4) is 0 Å². The number of carbonyl (C=O) groups is 1. The summed E-state index contributed by atoms with van der Waals surface area (Å²) in [5.74, 6) is -6.04. The van der Waals surface area contributed by atoms with Crippen LogP contribution in [0.25, 0.3) is 21.5 Å². The van der Waals surface area contributed by atoms with E-state index in [1.807, 2.05) is 0 Å². The Morgan fingerprint density at radius 3 is 2.56 bits per heavy atom. The van der Waals surface area contributed by atoms with Gasteiger partial charge >= 0.3 is 6.09 Å². The number of nitrogens with one attached hydrogen (secondary N) is 1. The summed E-state index contributed by atoms with van der Waals surface area (Å²) in [7, 11) is -3.20. The van der Waals surface area contributed by atoms with E-state index in [2.05, 4.69) is 25.3 Å². The van der Waals surface area contributed by atoms with E-state index in [9.17, 15) is 23.1 Å². The van der Waals surface area contributed by atoms with Crippen LogP contribution < -0.4 is 10.9 Å². The number of halogens is 3. The second kappa shape index (κ2) is 14.4. The molecule has 2 aromatic heterocycles. The molecular formula is C31H37F3N8O5S. The van der Waals surface area contributed by atoms with Gasteiger partial charge in [-0.05, 0) is 63.0 Å². The molecule has 0 unspecified atom stereocenters. The average Bonchev–Trinajstić information content (AvgIpc) is 3.05. The van der Waals surface area contributed by atoms with Crippen molar-refractivity contribution in [1.82, 2.24) is 19.4 Å². The molecule has 258 valence electrons. The molecule has 2 N–H and O–H groups in total. The zero-order valence-corrected chi connectivity index (χ0v) is 27.2. The Kier molecular flexibility index (Phi) is 10.5. The number of unbranched alkanes of at least 4 members (excludes halogenated alkanes) is 1. The Labute approximate surface area is 274 Å². The number of alkyl halides is 2. The van der Waals surface area contributed by atoms with Crippen LogP contribution in [0.4, 0.5) is 23.8 Å². The van der Waals surface area contributed by atoms with E-state index in [0.717, 1.165) is 11.0 Å². The minimum Gasteiger partial charge on any atom is -0.465 e. The molecule has 4 heterocycles. The number of fused-ring (bicyclic) bond motifs is 1. The SMILES string of the molecule is C[C@@H](Nc1ncnc2c1cc(C1CCS(=O)(=O)CC1)c(=O)n2CCCCN=[N+]=[N-])c1cccc(C(F)(F)C2CCN(C(=O)O)CC2)c1F. The summed E-state index contributed by atoms with van der Waals surface area (Å²) >= 11 is 0. The molecule has 2 aliphatic heterocycles. The van der Waals surface area contributed by atoms with Gasteiger partial charge in [-0.3, -0.25) is 9.36 Å². The van der Waals surface area contributed by atoms with Crippen molar-refractivity contribution in [3.63, 3.8) is 0 Å². The largest absolute Gasteiger partial charge is 0.465 e. The van der Waals surface area contributed by atoms with Gasteiger partial charge in [0.05, 0.1) is 28.5 Å². The predicted octanol–water partition coefficient (Wildman–Crippen LogP) is 5.97. The van der Waals surface area contributed by atoms with Crippen LogP contribution in [0.2, 0.25) is 0 Å². The number of azide groups is 1. The second-order valence-corrected chi connectivity index (χ2v) is 14.6. The molecular weight excluding hydrogens is 653 g/mol.